The van der Waals surface area contributed by atoms with Gasteiger partial charge in [-0.15, -0.1) is 0 Å². The summed E-state index contributed by atoms with van der Waals surface area (Å²) in [5, 5.41) is 0.715. The zero-order valence-corrected chi connectivity index (χ0v) is 11.0. The van der Waals surface area contributed by atoms with Gasteiger partial charge >= 0.3 is 5.63 Å². The van der Waals surface area contributed by atoms with Crippen LogP contribution in [0.1, 0.15) is 16.1 Å². The van der Waals surface area contributed by atoms with Gasteiger partial charge in [-0.2, -0.15) is 0 Å². The molecule has 3 aromatic rings. The average molecular weight is 277 g/mol. The van der Waals surface area contributed by atoms with Crippen molar-refractivity contribution in [3.05, 3.63) is 82.5 Å². The Balaban J connectivity index is 1.96. The Morgan fingerprint density at radius 3 is 2.71 bits per heavy atom. The molecule has 0 spiro atoms. The van der Waals surface area contributed by atoms with Gasteiger partial charge in [-0.05, 0) is 36.4 Å². The first-order chi connectivity index (χ1) is 10.2. The van der Waals surface area contributed by atoms with Crippen molar-refractivity contribution < 1.29 is 9.21 Å². The number of rotatable bonds is 3. The van der Waals surface area contributed by atoms with Gasteiger partial charge in [-0.3, -0.25) is 9.78 Å². The first-order valence-electron chi connectivity index (χ1n) is 6.40. The molecule has 102 valence electrons. The maximum atomic E-state index is 12.1. The Hall–Kier alpha value is -3.01. The van der Waals surface area contributed by atoms with Crippen molar-refractivity contribution in [3.63, 3.8) is 0 Å². The molecule has 0 saturated heterocycles. The molecule has 0 bridgehead atoms. The van der Waals surface area contributed by atoms with Crippen molar-refractivity contribution in [2.24, 2.45) is 0 Å². The predicted octanol–water partition coefficient (Wildman–Crippen LogP) is 3.08. The van der Waals surface area contributed by atoms with E-state index in [9.17, 15) is 9.59 Å². The highest BCUT2D eigenvalue weighted by molar-refractivity contribution is 6.07. The van der Waals surface area contributed by atoms with Crippen LogP contribution in [-0.4, -0.2) is 10.8 Å². The summed E-state index contributed by atoms with van der Waals surface area (Å²) in [4.78, 5) is 28.0. The fourth-order valence-electron chi connectivity index (χ4n) is 1.96. The van der Waals surface area contributed by atoms with Crippen LogP contribution in [0.2, 0.25) is 0 Å². The van der Waals surface area contributed by atoms with Gasteiger partial charge < -0.3 is 4.42 Å². The average Bonchev–Trinajstić information content (AvgIpc) is 2.53. The fraction of sp³-hybridized carbons (Fsp3) is 0. The summed E-state index contributed by atoms with van der Waals surface area (Å²) < 4.78 is 5.14. The highest BCUT2D eigenvalue weighted by atomic mass is 16.4. The van der Waals surface area contributed by atoms with E-state index in [2.05, 4.69) is 4.98 Å². The Bertz CT molecular complexity index is 879. The number of hydrogen-bond acceptors (Lipinski definition) is 4. The van der Waals surface area contributed by atoms with Crippen molar-refractivity contribution in [2.45, 2.75) is 0 Å². The van der Waals surface area contributed by atoms with Crippen molar-refractivity contribution in [2.75, 3.05) is 0 Å². The summed E-state index contributed by atoms with van der Waals surface area (Å²) in [5.41, 5.74) is 0.494. The number of carbonyl (C=O) groups excluding carboxylic acids is 1. The second kappa shape index (κ2) is 5.54. The number of benzene rings is 1. The Morgan fingerprint density at radius 2 is 1.90 bits per heavy atom. The molecule has 2 aromatic heterocycles. The van der Waals surface area contributed by atoms with Gasteiger partial charge in [0.05, 0.1) is 5.69 Å². The number of para-hydroxylation sites is 1. The highest BCUT2D eigenvalue weighted by Crippen LogP contribution is 2.13. The van der Waals surface area contributed by atoms with E-state index < -0.39 is 11.4 Å². The minimum atomic E-state index is -0.635. The number of carbonyl (C=O) groups is 1. The lowest BCUT2D eigenvalue weighted by molar-refractivity contribution is 0.104. The SMILES string of the molecule is O=C(/C=C/c1ccccn1)c1cc2ccccc2oc1=O. The molecule has 0 radical (unpaired) electrons. The highest BCUT2D eigenvalue weighted by Gasteiger charge is 2.10. The van der Waals surface area contributed by atoms with Gasteiger partial charge in [0.25, 0.3) is 0 Å². The second-order valence-electron chi connectivity index (χ2n) is 4.44. The summed E-state index contributed by atoms with van der Waals surface area (Å²) >= 11 is 0. The molecule has 3 rings (SSSR count). The summed E-state index contributed by atoms with van der Waals surface area (Å²) in [7, 11) is 0. The molecule has 0 N–H and O–H groups in total. The maximum absolute atomic E-state index is 12.1. The van der Waals surface area contributed by atoms with Gasteiger partial charge in [0.15, 0.2) is 5.78 Å². The van der Waals surface area contributed by atoms with E-state index in [4.69, 9.17) is 4.42 Å². The van der Waals surface area contributed by atoms with Crippen LogP contribution in [-0.2, 0) is 0 Å². The van der Waals surface area contributed by atoms with Crippen LogP contribution in [0.3, 0.4) is 0 Å². The van der Waals surface area contributed by atoms with Crippen LogP contribution < -0.4 is 5.63 Å². The first kappa shape index (κ1) is 13.0. The Labute approximate surface area is 120 Å². The third kappa shape index (κ3) is 2.79. The summed E-state index contributed by atoms with van der Waals surface area (Å²) in [6.07, 6.45) is 4.52. The zero-order chi connectivity index (χ0) is 14.7. The van der Waals surface area contributed by atoms with Crippen molar-refractivity contribution in [1.29, 1.82) is 0 Å². The van der Waals surface area contributed by atoms with E-state index in [1.807, 2.05) is 12.1 Å². The zero-order valence-electron chi connectivity index (χ0n) is 11.0. The first-order valence-corrected chi connectivity index (χ1v) is 6.40. The normalized spacial score (nSPS) is 11.0. The smallest absolute Gasteiger partial charge is 0.347 e. The van der Waals surface area contributed by atoms with Crippen LogP contribution in [0.25, 0.3) is 17.0 Å². The third-order valence-corrected chi connectivity index (χ3v) is 3.00. The molecule has 0 unspecified atom stereocenters. The maximum Gasteiger partial charge on any atom is 0.347 e. The number of nitrogens with zero attached hydrogens (tertiary/aromatic N) is 1. The molecule has 0 aliphatic carbocycles. The molecular formula is C17H11NO3. The number of fused-ring (bicyclic) bond motifs is 1. The van der Waals surface area contributed by atoms with E-state index >= 15 is 0 Å². The standard InChI is InChI=1S/C17H11NO3/c19-15(9-8-13-6-3-4-10-18-13)14-11-12-5-1-2-7-16(12)21-17(14)20/h1-11H/b9-8+. The molecule has 0 aliphatic rings. The van der Waals surface area contributed by atoms with Crippen LogP contribution in [0.4, 0.5) is 0 Å². The minimum Gasteiger partial charge on any atom is -0.422 e. The van der Waals surface area contributed by atoms with Crippen LogP contribution in [0.15, 0.2) is 70.0 Å². The molecule has 4 heteroatoms. The van der Waals surface area contributed by atoms with Crippen molar-refractivity contribution in [1.82, 2.24) is 4.98 Å². The summed E-state index contributed by atoms with van der Waals surface area (Å²) in [5.74, 6) is -0.403. The van der Waals surface area contributed by atoms with E-state index in [0.29, 0.717) is 16.7 Å². The largest absolute Gasteiger partial charge is 0.422 e. The topological polar surface area (TPSA) is 60.2 Å². The predicted molar refractivity (Wildman–Crippen MR) is 80.1 cm³/mol. The Kier molecular flexibility index (Phi) is 3.43. The monoisotopic (exact) mass is 277 g/mol. The number of ketones is 1. The molecule has 0 saturated carbocycles. The molecule has 0 fully saturated rings. The molecule has 0 atom stereocenters. The quantitative estimate of drug-likeness (QED) is 0.419. The van der Waals surface area contributed by atoms with Crippen LogP contribution in [0, 0.1) is 0 Å². The minimum absolute atomic E-state index is 0.0147. The van der Waals surface area contributed by atoms with Crippen molar-refractivity contribution >= 4 is 22.8 Å². The van der Waals surface area contributed by atoms with Gasteiger partial charge in [0, 0.05) is 11.6 Å². The van der Waals surface area contributed by atoms with E-state index in [0.717, 1.165) is 0 Å². The lowest BCUT2D eigenvalue weighted by Gasteiger charge is -1.98. The van der Waals surface area contributed by atoms with Crippen molar-refractivity contribution in [3.8, 4) is 0 Å². The molecule has 0 amide bonds. The van der Waals surface area contributed by atoms with Gasteiger partial charge in [-0.1, -0.05) is 24.3 Å². The molecule has 0 aliphatic heterocycles. The van der Waals surface area contributed by atoms with E-state index in [1.54, 1.807) is 48.7 Å². The van der Waals surface area contributed by atoms with Gasteiger partial charge in [0.2, 0.25) is 0 Å². The van der Waals surface area contributed by atoms with Crippen LogP contribution >= 0.6 is 0 Å². The third-order valence-electron chi connectivity index (χ3n) is 3.00. The molecule has 21 heavy (non-hydrogen) atoms. The summed E-state index contributed by atoms with van der Waals surface area (Å²) in [6.45, 7) is 0. The lowest BCUT2D eigenvalue weighted by Crippen LogP contribution is -2.11. The van der Waals surface area contributed by atoms with Gasteiger partial charge in [0.1, 0.15) is 11.1 Å². The molecular weight excluding hydrogens is 266 g/mol. The van der Waals surface area contributed by atoms with Crippen LogP contribution in [0.5, 0.6) is 0 Å². The molecule has 1 aromatic carbocycles. The van der Waals surface area contributed by atoms with Gasteiger partial charge in [-0.25, -0.2) is 4.79 Å². The Morgan fingerprint density at radius 1 is 1.10 bits per heavy atom. The second-order valence-corrected chi connectivity index (χ2v) is 4.44. The van der Waals surface area contributed by atoms with E-state index in [-0.39, 0.29) is 5.56 Å². The number of pyridine rings is 1. The molecule has 2 heterocycles. The van der Waals surface area contributed by atoms with E-state index in [1.165, 1.54) is 6.08 Å². The number of allylic oxidation sites excluding steroid dienone is 1. The number of aromatic nitrogens is 1. The number of hydrogen-bond donors (Lipinski definition) is 0. The lowest BCUT2D eigenvalue weighted by atomic mass is 10.1. The fourth-order valence-corrected chi connectivity index (χ4v) is 1.96. The summed E-state index contributed by atoms with van der Waals surface area (Å²) in [6, 6.07) is 14.0. The molecule has 4 nitrogen and oxygen atoms in total.